The predicted octanol–water partition coefficient (Wildman–Crippen LogP) is 0.389. The summed E-state index contributed by atoms with van der Waals surface area (Å²) in [6.45, 7) is 2.89. The fraction of sp³-hybridized carbons (Fsp3) is 0.889. The molecule has 2 saturated heterocycles. The number of carbonyl (C=O) groups excluding carboxylic acids is 1. The van der Waals surface area contributed by atoms with Crippen molar-refractivity contribution < 1.29 is 9.53 Å². The quantitative estimate of drug-likeness (QED) is 0.546. The van der Waals surface area contributed by atoms with Gasteiger partial charge in [-0.3, -0.25) is 0 Å². The molecular weight excluding hydrogens is 168 g/mol. The Kier molecular flexibility index (Phi) is 2.15. The molecule has 0 radical (unpaired) electrons. The number of ether oxygens (including phenoxy) is 1. The molecule has 0 saturated carbocycles. The van der Waals surface area contributed by atoms with Gasteiger partial charge in [-0.25, -0.2) is 4.79 Å². The Bertz CT molecular complexity index is 220. The van der Waals surface area contributed by atoms with Gasteiger partial charge < -0.3 is 14.5 Å². The number of likely N-dealkylation sites (N-methyl/N-ethyl adjacent to an activating group) is 1. The number of nitrogens with zero attached hydrogens (tertiary/aromatic N) is 2. The summed E-state index contributed by atoms with van der Waals surface area (Å²) < 4.78 is 4.70. The summed E-state index contributed by atoms with van der Waals surface area (Å²) in [7, 11) is 3.57. The van der Waals surface area contributed by atoms with Crippen LogP contribution in [0.2, 0.25) is 0 Å². The zero-order chi connectivity index (χ0) is 9.42. The summed E-state index contributed by atoms with van der Waals surface area (Å²) in [6.07, 6.45) is 1.04. The number of rotatable bonds is 0. The second-order valence-corrected chi connectivity index (χ2v) is 3.97. The molecular formula is C9H16N2O2. The van der Waals surface area contributed by atoms with E-state index < -0.39 is 0 Å². The van der Waals surface area contributed by atoms with Crippen molar-refractivity contribution in [1.29, 1.82) is 0 Å². The van der Waals surface area contributed by atoms with Gasteiger partial charge in [0.25, 0.3) is 0 Å². The Morgan fingerprint density at radius 2 is 2.23 bits per heavy atom. The van der Waals surface area contributed by atoms with Crippen LogP contribution in [-0.4, -0.2) is 55.7 Å². The Balaban J connectivity index is 1.98. The number of likely N-dealkylation sites (tertiary alicyclic amines) is 2. The van der Waals surface area contributed by atoms with Gasteiger partial charge in [-0.05, 0) is 25.9 Å². The highest BCUT2D eigenvalue weighted by Gasteiger charge is 2.41. The smallest absolute Gasteiger partial charge is 0.409 e. The third-order valence-corrected chi connectivity index (χ3v) is 3.26. The van der Waals surface area contributed by atoms with E-state index in [1.54, 1.807) is 0 Å². The van der Waals surface area contributed by atoms with Crippen molar-refractivity contribution >= 4 is 6.09 Å². The van der Waals surface area contributed by atoms with Gasteiger partial charge >= 0.3 is 6.09 Å². The molecule has 2 aliphatic heterocycles. The van der Waals surface area contributed by atoms with Crippen LogP contribution in [0.4, 0.5) is 4.79 Å². The monoisotopic (exact) mass is 184 g/mol. The van der Waals surface area contributed by atoms with E-state index in [0.717, 1.165) is 13.1 Å². The van der Waals surface area contributed by atoms with Crippen LogP contribution in [0.3, 0.4) is 0 Å². The fourth-order valence-corrected chi connectivity index (χ4v) is 2.45. The van der Waals surface area contributed by atoms with E-state index in [2.05, 4.69) is 11.9 Å². The molecule has 0 N–H and O–H groups in total. The SMILES string of the molecule is COC(=O)N1C[C@@H]2CCN(C)[C@H]2C1. The van der Waals surface area contributed by atoms with E-state index in [1.165, 1.54) is 20.1 Å². The third kappa shape index (κ3) is 1.39. The van der Waals surface area contributed by atoms with Crippen LogP contribution in [-0.2, 0) is 4.74 Å². The van der Waals surface area contributed by atoms with Crippen molar-refractivity contribution in [2.24, 2.45) is 5.92 Å². The molecule has 1 amide bonds. The maximum atomic E-state index is 11.2. The molecule has 2 aliphatic rings. The van der Waals surface area contributed by atoms with Gasteiger partial charge in [-0.2, -0.15) is 0 Å². The van der Waals surface area contributed by atoms with Crippen molar-refractivity contribution in [1.82, 2.24) is 9.80 Å². The average molecular weight is 184 g/mol. The zero-order valence-corrected chi connectivity index (χ0v) is 8.19. The van der Waals surface area contributed by atoms with Crippen molar-refractivity contribution in [3.05, 3.63) is 0 Å². The second-order valence-electron chi connectivity index (χ2n) is 3.97. The Labute approximate surface area is 78.4 Å². The lowest BCUT2D eigenvalue weighted by Crippen LogP contribution is -2.34. The summed E-state index contributed by atoms with van der Waals surface area (Å²) in [6, 6.07) is 0.569. The van der Waals surface area contributed by atoms with Crippen LogP contribution in [0.5, 0.6) is 0 Å². The summed E-state index contributed by atoms with van der Waals surface area (Å²) in [5.74, 6) is 0.670. The van der Waals surface area contributed by atoms with E-state index in [4.69, 9.17) is 4.74 Å². The van der Waals surface area contributed by atoms with Crippen molar-refractivity contribution in [3.63, 3.8) is 0 Å². The number of fused-ring (bicyclic) bond motifs is 1. The van der Waals surface area contributed by atoms with Gasteiger partial charge in [0.15, 0.2) is 0 Å². The highest BCUT2D eigenvalue weighted by atomic mass is 16.5. The van der Waals surface area contributed by atoms with Crippen LogP contribution in [0, 0.1) is 5.92 Å². The molecule has 74 valence electrons. The van der Waals surface area contributed by atoms with E-state index in [0.29, 0.717) is 12.0 Å². The highest BCUT2D eigenvalue weighted by molar-refractivity contribution is 5.68. The van der Waals surface area contributed by atoms with Gasteiger partial charge in [0.2, 0.25) is 0 Å². The first-order chi connectivity index (χ1) is 6.22. The molecule has 2 atom stereocenters. The molecule has 0 aromatic heterocycles. The normalized spacial score (nSPS) is 33.5. The minimum Gasteiger partial charge on any atom is -0.453 e. The molecule has 4 heteroatoms. The third-order valence-electron chi connectivity index (χ3n) is 3.26. The summed E-state index contributed by atoms with van der Waals surface area (Å²) in [5, 5.41) is 0. The molecule has 0 aromatic carbocycles. The van der Waals surface area contributed by atoms with Crippen LogP contribution < -0.4 is 0 Å². The standard InChI is InChI=1S/C9H16N2O2/c1-10-4-3-7-5-11(6-8(7)10)9(12)13-2/h7-8H,3-6H2,1-2H3/t7-,8-/m0/s1. The summed E-state index contributed by atoms with van der Waals surface area (Å²) in [4.78, 5) is 15.4. The number of hydrogen-bond donors (Lipinski definition) is 0. The maximum absolute atomic E-state index is 11.2. The summed E-state index contributed by atoms with van der Waals surface area (Å²) >= 11 is 0. The molecule has 0 aliphatic carbocycles. The second kappa shape index (κ2) is 3.18. The molecule has 0 bridgehead atoms. The Morgan fingerprint density at radius 3 is 2.85 bits per heavy atom. The lowest BCUT2D eigenvalue weighted by molar-refractivity contribution is 0.127. The summed E-state index contributed by atoms with van der Waals surface area (Å²) in [5.41, 5.74) is 0. The zero-order valence-electron chi connectivity index (χ0n) is 8.19. The minimum atomic E-state index is -0.178. The van der Waals surface area contributed by atoms with Crippen LogP contribution >= 0.6 is 0 Å². The lowest BCUT2D eigenvalue weighted by Gasteiger charge is -2.19. The molecule has 0 unspecified atom stereocenters. The first-order valence-electron chi connectivity index (χ1n) is 4.75. The molecule has 0 spiro atoms. The molecule has 0 aromatic rings. The van der Waals surface area contributed by atoms with Crippen LogP contribution in [0.1, 0.15) is 6.42 Å². The average Bonchev–Trinajstić information content (AvgIpc) is 2.67. The number of methoxy groups -OCH3 is 1. The lowest BCUT2D eigenvalue weighted by atomic mass is 10.1. The van der Waals surface area contributed by atoms with E-state index >= 15 is 0 Å². The van der Waals surface area contributed by atoms with E-state index in [9.17, 15) is 4.79 Å². The van der Waals surface area contributed by atoms with Gasteiger partial charge in [0.1, 0.15) is 0 Å². The van der Waals surface area contributed by atoms with E-state index in [-0.39, 0.29) is 6.09 Å². The topological polar surface area (TPSA) is 32.8 Å². The minimum absolute atomic E-state index is 0.178. The van der Waals surface area contributed by atoms with Gasteiger partial charge in [0.05, 0.1) is 7.11 Å². The molecule has 13 heavy (non-hydrogen) atoms. The Morgan fingerprint density at radius 1 is 1.46 bits per heavy atom. The molecule has 4 nitrogen and oxygen atoms in total. The number of amides is 1. The maximum Gasteiger partial charge on any atom is 0.409 e. The predicted molar refractivity (Wildman–Crippen MR) is 48.5 cm³/mol. The van der Waals surface area contributed by atoms with Crippen molar-refractivity contribution in [3.8, 4) is 0 Å². The highest BCUT2D eigenvalue weighted by Crippen LogP contribution is 2.30. The largest absolute Gasteiger partial charge is 0.453 e. The van der Waals surface area contributed by atoms with Crippen LogP contribution in [0.15, 0.2) is 0 Å². The molecule has 2 rings (SSSR count). The van der Waals surface area contributed by atoms with Gasteiger partial charge in [0, 0.05) is 19.1 Å². The van der Waals surface area contributed by atoms with Crippen LogP contribution in [0.25, 0.3) is 0 Å². The number of hydrogen-bond acceptors (Lipinski definition) is 3. The van der Waals surface area contributed by atoms with Gasteiger partial charge in [-0.15, -0.1) is 0 Å². The van der Waals surface area contributed by atoms with Crippen molar-refractivity contribution in [2.75, 3.05) is 33.8 Å². The fourth-order valence-electron chi connectivity index (χ4n) is 2.45. The van der Waals surface area contributed by atoms with Gasteiger partial charge in [-0.1, -0.05) is 0 Å². The molecule has 2 fully saturated rings. The Hall–Kier alpha value is -0.770. The number of carbonyl (C=O) groups is 1. The first kappa shape index (κ1) is 8.81. The molecule has 2 heterocycles. The van der Waals surface area contributed by atoms with E-state index in [1.807, 2.05) is 4.90 Å². The first-order valence-corrected chi connectivity index (χ1v) is 4.75. The van der Waals surface area contributed by atoms with Crippen molar-refractivity contribution in [2.45, 2.75) is 12.5 Å².